The van der Waals surface area contributed by atoms with Crippen LogP contribution in [0.4, 0.5) is 0 Å². The lowest BCUT2D eigenvalue weighted by atomic mass is 9.92. The number of benzene rings is 2. The predicted molar refractivity (Wildman–Crippen MR) is 119 cm³/mol. The first-order chi connectivity index (χ1) is 14.1. The van der Waals surface area contributed by atoms with E-state index in [2.05, 4.69) is 22.5 Å². The number of aromatic nitrogens is 2. The topological polar surface area (TPSA) is 55.1 Å². The summed E-state index contributed by atoms with van der Waals surface area (Å²) in [5.74, 6) is 0.674. The van der Waals surface area contributed by atoms with Gasteiger partial charge in [0, 0.05) is 10.4 Å². The monoisotopic (exact) mass is 400 g/mol. The summed E-state index contributed by atoms with van der Waals surface area (Å²) in [7, 11) is 0. The van der Waals surface area contributed by atoms with Crippen LogP contribution >= 0.6 is 11.3 Å². The molecule has 0 saturated carbocycles. The number of thiophene rings is 1. The Morgan fingerprint density at radius 3 is 2.69 bits per heavy atom. The second-order valence-corrected chi connectivity index (χ2v) is 8.47. The fourth-order valence-electron chi connectivity index (χ4n) is 3.89. The molecule has 5 rings (SSSR count). The summed E-state index contributed by atoms with van der Waals surface area (Å²) < 4.78 is 2.07. The Bertz CT molecular complexity index is 1340. The van der Waals surface area contributed by atoms with E-state index in [-0.39, 0.29) is 11.3 Å². The van der Waals surface area contributed by atoms with Gasteiger partial charge >= 0.3 is 0 Å². The number of aliphatic hydroxyl groups excluding tert-OH is 1. The van der Waals surface area contributed by atoms with Crippen molar-refractivity contribution in [2.24, 2.45) is 0 Å². The number of fused-ring (bicyclic) bond motifs is 4. The van der Waals surface area contributed by atoms with E-state index in [0.29, 0.717) is 28.9 Å². The molecule has 144 valence electrons. The maximum absolute atomic E-state index is 12.8. The Morgan fingerprint density at radius 2 is 1.93 bits per heavy atom. The highest BCUT2D eigenvalue weighted by Gasteiger charge is 2.27. The van der Waals surface area contributed by atoms with Crippen molar-refractivity contribution in [1.29, 1.82) is 0 Å². The third-order valence-corrected chi connectivity index (χ3v) is 6.75. The van der Waals surface area contributed by atoms with Crippen LogP contribution in [0.25, 0.3) is 21.5 Å². The Kier molecular flexibility index (Phi) is 4.14. The molecule has 1 N–H and O–H groups in total. The first kappa shape index (κ1) is 17.9. The van der Waals surface area contributed by atoms with Crippen LogP contribution in [0, 0.1) is 6.92 Å². The lowest BCUT2D eigenvalue weighted by Gasteiger charge is -2.25. The zero-order chi connectivity index (χ0) is 20.1. The van der Waals surface area contributed by atoms with E-state index >= 15 is 0 Å². The molecular weight excluding hydrogens is 380 g/mol. The molecule has 0 fully saturated rings. The van der Waals surface area contributed by atoms with Crippen molar-refractivity contribution < 1.29 is 5.11 Å². The van der Waals surface area contributed by atoms with Gasteiger partial charge in [0.25, 0.3) is 5.56 Å². The third kappa shape index (κ3) is 2.81. The molecule has 2 aromatic carbocycles. The Hall–Kier alpha value is -3.18. The Morgan fingerprint density at radius 1 is 1.17 bits per heavy atom. The van der Waals surface area contributed by atoms with E-state index in [1.165, 1.54) is 0 Å². The third-order valence-electron chi connectivity index (χ3n) is 5.45. The summed E-state index contributed by atoms with van der Waals surface area (Å²) in [5, 5.41) is 11.9. The van der Waals surface area contributed by atoms with Crippen molar-refractivity contribution in [3.8, 4) is 0 Å². The minimum absolute atomic E-state index is 0.143. The molecule has 0 radical (unpaired) electrons. The van der Waals surface area contributed by atoms with Gasteiger partial charge in [-0.2, -0.15) is 4.98 Å². The molecule has 0 unspecified atom stereocenters. The number of aryl methyl sites for hydroxylation is 2. The zero-order valence-electron chi connectivity index (χ0n) is 16.3. The van der Waals surface area contributed by atoms with Gasteiger partial charge in [-0.3, -0.25) is 4.79 Å². The molecule has 29 heavy (non-hydrogen) atoms. The quantitative estimate of drug-likeness (QED) is 0.416. The number of hydrogen-bond donors (Lipinski definition) is 1. The maximum Gasteiger partial charge on any atom is 0.281 e. The summed E-state index contributed by atoms with van der Waals surface area (Å²) >= 11 is 1.63. The van der Waals surface area contributed by atoms with E-state index in [0.717, 1.165) is 32.8 Å². The fraction of sp³-hybridized carbons (Fsp3) is 0.167. The Balaban J connectivity index is 1.87. The second kappa shape index (κ2) is 6.71. The summed E-state index contributed by atoms with van der Waals surface area (Å²) in [4.78, 5) is 19.3. The van der Waals surface area contributed by atoms with E-state index in [1.54, 1.807) is 11.3 Å². The highest BCUT2D eigenvalue weighted by Crippen LogP contribution is 2.38. The van der Waals surface area contributed by atoms with Gasteiger partial charge in [-0.25, -0.2) is 0 Å². The molecule has 2 aromatic heterocycles. The first-order valence-electron chi connectivity index (χ1n) is 9.69. The lowest BCUT2D eigenvalue weighted by molar-refractivity contribution is 0.512. The highest BCUT2D eigenvalue weighted by atomic mass is 32.1. The van der Waals surface area contributed by atoms with E-state index in [9.17, 15) is 9.90 Å². The maximum atomic E-state index is 12.8. The van der Waals surface area contributed by atoms with Gasteiger partial charge in [0.05, 0.1) is 17.5 Å². The lowest BCUT2D eigenvalue weighted by Crippen LogP contribution is -2.23. The molecule has 0 spiro atoms. The van der Waals surface area contributed by atoms with Gasteiger partial charge < -0.3 is 9.67 Å². The average molecular weight is 401 g/mol. The van der Waals surface area contributed by atoms with Gasteiger partial charge in [0.2, 0.25) is 0 Å². The molecule has 0 atom stereocenters. The molecular formula is C24H20N2O2S. The van der Waals surface area contributed by atoms with Crippen LogP contribution in [-0.2, 0) is 13.0 Å². The summed E-state index contributed by atoms with van der Waals surface area (Å²) in [6.45, 7) is 4.73. The van der Waals surface area contributed by atoms with E-state index < -0.39 is 0 Å². The minimum Gasteiger partial charge on any atom is -0.507 e. The molecule has 0 bridgehead atoms. The van der Waals surface area contributed by atoms with E-state index in [1.807, 2.05) is 55.5 Å². The zero-order valence-corrected chi connectivity index (χ0v) is 17.1. The second-order valence-electron chi connectivity index (χ2n) is 7.36. The molecule has 3 heterocycles. The number of hydrogen-bond acceptors (Lipinski definition) is 4. The number of nitrogens with zero attached hydrogens (tertiary/aromatic N) is 2. The van der Waals surface area contributed by atoms with Crippen LogP contribution in [0.3, 0.4) is 0 Å². The fourth-order valence-corrected chi connectivity index (χ4v) is 4.98. The van der Waals surface area contributed by atoms with Crippen LogP contribution in [0.1, 0.15) is 39.9 Å². The van der Waals surface area contributed by atoms with Crippen LogP contribution in [-0.4, -0.2) is 14.7 Å². The molecule has 1 aliphatic heterocycles. The minimum atomic E-state index is -0.240. The van der Waals surface area contributed by atoms with Gasteiger partial charge in [-0.15, -0.1) is 11.3 Å². The molecule has 0 saturated heterocycles. The SMILES string of the molecule is CCc1cc2c(=O)nc3n(c2s1)Cc1ccccc1/C3=C(\O)c1ccc(C)cc1. The van der Waals surface area contributed by atoms with Crippen molar-refractivity contribution in [3.05, 3.63) is 97.9 Å². The van der Waals surface area contributed by atoms with Crippen LogP contribution in [0.5, 0.6) is 0 Å². The van der Waals surface area contributed by atoms with Crippen molar-refractivity contribution in [3.63, 3.8) is 0 Å². The Labute approximate surface area is 172 Å². The smallest absolute Gasteiger partial charge is 0.281 e. The van der Waals surface area contributed by atoms with Gasteiger partial charge in [0.15, 0.2) is 0 Å². The van der Waals surface area contributed by atoms with Crippen molar-refractivity contribution in [2.75, 3.05) is 0 Å². The average Bonchev–Trinajstić information content (AvgIpc) is 3.18. The summed E-state index contributed by atoms with van der Waals surface area (Å²) in [5.41, 5.74) is 4.23. The molecule has 5 heteroatoms. The summed E-state index contributed by atoms with van der Waals surface area (Å²) in [6.07, 6.45) is 0.877. The molecule has 4 nitrogen and oxygen atoms in total. The largest absolute Gasteiger partial charge is 0.507 e. The predicted octanol–water partition coefficient (Wildman–Crippen LogP) is 5.17. The molecule has 0 aliphatic carbocycles. The normalized spacial score (nSPS) is 14.6. The summed E-state index contributed by atoms with van der Waals surface area (Å²) in [6, 6.07) is 17.7. The van der Waals surface area contributed by atoms with Crippen molar-refractivity contribution >= 4 is 32.9 Å². The van der Waals surface area contributed by atoms with E-state index in [4.69, 9.17) is 0 Å². The van der Waals surface area contributed by atoms with Gasteiger partial charge in [-0.1, -0.05) is 61.0 Å². The van der Waals surface area contributed by atoms with Crippen molar-refractivity contribution in [1.82, 2.24) is 9.55 Å². The van der Waals surface area contributed by atoms with Crippen LogP contribution in [0.2, 0.25) is 0 Å². The first-order valence-corrected chi connectivity index (χ1v) is 10.5. The number of aliphatic hydroxyl groups is 1. The molecule has 1 aliphatic rings. The van der Waals surface area contributed by atoms with Gasteiger partial charge in [0.1, 0.15) is 16.4 Å². The molecule has 0 amide bonds. The van der Waals surface area contributed by atoms with Gasteiger partial charge in [-0.05, 0) is 30.5 Å². The van der Waals surface area contributed by atoms with Crippen LogP contribution < -0.4 is 5.56 Å². The standard InChI is InChI=1S/C24H20N2O2S/c1-3-17-12-19-23(28)25-22-20(21(27)15-10-8-14(2)9-11-15)18-7-5-4-6-16(18)13-26(22)24(19)29-17/h4-12,27H,3,13H2,1-2H3/b21-20+. The molecule has 4 aromatic rings. The van der Waals surface area contributed by atoms with Crippen LogP contribution in [0.15, 0.2) is 59.4 Å². The highest BCUT2D eigenvalue weighted by molar-refractivity contribution is 7.18. The van der Waals surface area contributed by atoms with Crippen molar-refractivity contribution in [2.45, 2.75) is 26.8 Å². The number of rotatable bonds is 2.